The van der Waals surface area contributed by atoms with Gasteiger partial charge in [-0.15, -0.1) is 0 Å². The third kappa shape index (κ3) is 6.26. The van der Waals surface area contributed by atoms with E-state index in [0.29, 0.717) is 27.2 Å². The summed E-state index contributed by atoms with van der Waals surface area (Å²) in [5.74, 6) is 0.367. The average molecular weight is 639 g/mol. The van der Waals surface area contributed by atoms with E-state index in [1.165, 1.54) is 42.5 Å². The summed E-state index contributed by atoms with van der Waals surface area (Å²) in [4.78, 5) is 13.0. The molecule has 10 heteroatoms. The van der Waals surface area contributed by atoms with E-state index in [1.807, 2.05) is 12.1 Å². The fraction of sp³-hybridized carbons (Fsp3) is 0. The fourth-order valence-corrected chi connectivity index (χ4v) is 5.04. The van der Waals surface area contributed by atoms with Crippen LogP contribution in [-0.4, -0.2) is 14.3 Å². The molecule has 35 heavy (non-hydrogen) atoms. The third-order valence-corrected chi connectivity index (χ3v) is 7.66. The molecule has 0 heterocycles. The molecule has 178 valence electrons. The summed E-state index contributed by atoms with van der Waals surface area (Å²) in [6, 6.07) is 24.4. The molecular weight excluding hydrogens is 622 g/mol. The number of nitrogens with one attached hydrogen (secondary N) is 2. The molecule has 1 amide bonds. The quantitative estimate of drug-likeness (QED) is 0.206. The Morgan fingerprint density at radius 3 is 2.23 bits per heavy atom. The Labute approximate surface area is 226 Å². The van der Waals surface area contributed by atoms with Crippen LogP contribution in [0.3, 0.4) is 0 Å². The molecule has 0 aliphatic carbocycles. The topological polar surface area (TPSA) is 84.5 Å². The molecule has 0 unspecified atom stereocenters. The lowest BCUT2D eigenvalue weighted by molar-refractivity contribution is 0.102. The minimum absolute atomic E-state index is 0.0112. The van der Waals surface area contributed by atoms with Crippen LogP contribution >= 0.6 is 45.8 Å². The molecule has 6 nitrogen and oxygen atoms in total. The van der Waals surface area contributed by atoms with Crippen molar-refractivity contribution in [3.8, 4) is 11.5 Å². The number of benzene rings is 4. The minimum Gasteiger partial charge on any atom is -0.456 e. The summed E-state index contributed by atoms with van der Waals surface area (Å²) in [6.07, 6.45) is 0. The first-order valence-electron chi connectivity index (χ1n) is 10.1. The number of rotatable bonds is 7. The molecule has 0 radical (unpaired) electrons. The lowest BCUT2D eigenvalue weighted by Crippen LogP contribution is -2.19. The van der Waals surface area contributed by atoms with Crippen molar-refractivity contribution in [2.24, 2.45) is 0 Å². The van der Waals surface area contributed by atoms with Gasteiger partial charge in [-0.3, -0.25) is 9.52 Å². The smallest absolute Gasteiger partial charge is 0.261 e. The van der Waals surface area contributed by atoms with E-state index in [9.17, 15) is 13.2 Å². The van der Waals surface area contributed by atoms with Crippen LogP contribution in [-0.2, 0) is 10.0 Å². The summed E-state index contributed by atoms with van der Waals surface area (Å²) in [7, 11) is -4.02. The molecule has 0 atom stereocenters. The van der Waals surface area contributed by atoms with Gasteiger partial charge in [-0.1, -0.05) is 47.5 Å². The van der Waals surface area contributed by atoms with Crippen LogP contribution in [0.4, 0.5) is 11.4 Å². The zero-order valence-corrected chi connectivity index (χ0v) is 22.3. The minimum atomic E-state index is -4.02. The number of halogens is 3. The Morgan fingerprint density at radius 2 is 1.51 bits per heavy atom. The number of anilines is 2. The second-order valence-corrected chi connectivity index (χ2v) is 10.9. The average Bonchev–Trinajstić information content (AvgIpc) is 2.83. The normalized spacial score (nSPS) is 11.1. The highest BCUT2D eigenvalue weighted by Gasteiger charge is 2.20. The van der Waals surface area contributed by atoms with E-state index in [2.05, 4.69) is 32.6 Å². The lowest BCUT2D eigenvalue weighted by Gasteiger charge is -2.14. The number of hydrogen-bond donors (Lipinski definition) is 2. The first-order chi connectivity index (χ1) is 16.7. The zero-order valence-electron chi connectivity index (χ0n) is 17.8. The Hall–Kier alpha value is -2.79. The second kappa shape index (κ2) is 10.9. The maximum atomic E-state index is 13.1. The van der Waals surface area contributed by atoms with Gasteiger partial charge in [0.15, 0.2) is 0 Å². The second-order valence-electron chi connectivity index (χ2n) is 7.23. The molecule has 0 saturated heterocycles. The van der Waals surface area contributed by atoms with Crippen molar-refractivity contribution in [1.29, 1.82) is 0 Å². The van der Waals surface area contributed by atoms with Gasteiger partial charge in [0, 0.05) is 8.59 Å². The number of carbonyl (C=O) groups is 1. The zero-order chi connectivity index (χ0) is 25.0. The number of ether oxygens (including phenoxy) is 1. The van der Waals surface area contributed by atoms with Crippen LogP contribution in [0.2, 0.25) is 10.0 Å². The number of hydrogen-bond acceptors (Lipinski definition) is 4. The summed E-state index contributed by atoms with van der Waals surface area (Å²) < 4.78 is 35.1. The monoisotopic (exact) mass is 638 g/mol. The van der Waals surface area contributed by atoms with Gasteiger partial charge < -0.3 is 10.1 Å². The van der Waals surface area contributed by atoms with E-state index in [0.717, 1.165) is 3.57 Å². The molecule has 0 fully saturated rings. The molecule has 0 aliphatic rings. The van der Waals surface area contributed by atoms with Crippen molar-refractivity contribution in [2.75, 3.05) is 10.0 Å². The molecule has 0 bridgehead atoms. The van der Waals surface area contributed by atoms with Crippen LogP contribution in [0.25, 0.3) is 0 Å². The summed E-state index contributed by atoms with van der Waals surface area (Å²) in [5.41, 5.74) is 0.773. The molecule has 0 saturated carbocycles. The number of carbonyl (C=O) groups excluding carboxylic acids is 1. The highest BCUT2D eigenvalue weighted by Crippen LogP contribution is 2.30. The highest BCUT2D eigenvalue weighted by atomic mass is 127. The van der Waals surface area contributed by atoms with Crippen molar-refractivity contribution in [3.05, 3.63) is 110 Å². The van der Waals surface area contributed by atoms with Gasteiger partial charge in [0.2, 0.25) is 0 Å². The third-order valence-electron chi connectivity index (χ3n) is 4.79. The highest BCUT2D eigenvalue weighted by molar-refractivity contribution is 14.1. The first kappa shape index (κ1) is 25.3. The molecule has 0 aromatic heterocycles. The predicted molar refractivity (Wildman–Crippen MR) is 147 cm³/mol. The summed E-state index contributed by atoms with van der Waals surface area (Å²) >= 11 is 14.3. The van der Waals surface area contributed by atoms with Gasteiger partial charge in [-0.05, 0) is 89.3 Å². The Bertz CT molecular complexity index is 1500. The van der Waals surface area contributed by atoms with Gasteiger partial charge >= 0.3 is 0 Å². The largest absolute Gasteiger partial charge is 0.456 e. The number of para-hydroxylation sites is 2. The summed E-state index contributed by atoms with van der Waals surface area (Å²) in [5, 5.41) is 3.52. The van der Waals surface area contributed by atoms with Gasteiger partial charge in [-0.25, -0.2) is 8.42 Å². The van der Waals surface area contributed by atoms with E-state index in [1.54, 1.807) is 36.4 Å². The Kier molecular flexibility index (Phi) is 7.85. The Balaban J connectivity index is 1.56. The fourth-order valence-electron chi connectivity index (χ4n) is 3.09. The van der Waals surface area contributed by atoms with Crippen LogP contribution in [0.1, 0.15) is 10.4 Å². The van der Waals surface area contributed by atoms with Gasteiger partial charge in [0.25, 0.3) is 15.9 Å². The van der Waals surface area contributed by atoms with E-state index < -0.39 is 15.9 Å². The van der Waals surface area contributed by atoms with Crippen LogP contribution in [0, 0.1) is 3.57 Å². The molecular formula is C25H17Cl2IN2O4S. The SMILES string of the molecule is O=C(Nc1ccccc1I)c1cc(Cl)ccc1NS(=O)(=O)c1ccc(Oc2ccccc2Cl)cc1. The van der Waals surface area contributed by atoms with E-state index >= 15 is 0 Å². The van der Waals surface area contributed by atoms with Gasteiger partial charge in [0.1, 0.15) is 11.5 Å². The van der Waals surface area contributed by atoms with Crippen LogP contribution in [0.5, 0.6) is 11.5 Å². The van der Waals surface area contributed by atoms with Crippen molar-refractivity contribution >= 4 is 73.1 Å². The molecule has 4 aromatic carbocycles. The van der Waals surface area contributed by atoms with E-state index in [-0.39, 0.29) is 16.1 Å². The lowest BCUT2D eigenvalue weighted by atomic mass is 10.1. The first-order valence-corrected chi connectivity index (χ1v) is 13.5. The van der Waals surface area contributed by atoms with Crippen molar-refractivity contribution in [2.45, 2.75) is 4.90 Å². The van der Waals surface area contributed by atoms with Crippen LogP contribution in [0.15, 0.2) is 95.9 Å². The van der Waals surface area contributed by atoms with Crippen LogP contribution < -0.4 is 14.8 Å². The predicted octanol–water partition coefficient (Wildman–Crippen LogP) is 7.44. The van der Waals surface area contributed by atoms with Crippen molar-refractivity contribution in [1.82, 2.24) is 0 Å². The van der Waals surface area contributed by atoms with Crippen molar-refractivity contribution in [3.63, 3.8) is 0 Å². The maximum Gasteiger partial charge on any atom is 0.261 e. The van der Waals surface area contributed by atoms with Crippen molar-refractivity contribution < 1.29 is 17.9 Å². The Morgan fingerprint density at radius 1 is 0.829 bits per heavy atom. The van der Waals surface area contributed by atoms with E-state index in [4.69, 9.17) is 27.9 Å². The molecule has 0 spiro atoms. The maximum absolute atomic E-state index is 13.1. The molecule has 4 rings (SSSR count). The molecule has 2 N–H and O–H groups in total. The number of sulfonamides is 1. The standard InChI is InChI=1S/C25H17Cl2IN2O4S/c26-16-9-14-22(19(15-16)25(31)29-23-7-3-2-6-21(23)28)30-35(32,33)18-12-10-17(11-13-18)34-24-8-4-1-5-20(24)27/h1-15,30H,(H,29,31). The summed E-state index contributed by atoms with van der Waals surface area (Å²) in [6.45, 7) is 0. The molecule has 0 aliphatic heterocycles. The molecule has 4 aromatic rings. The van der Waals surface area contributed by atoms with Gasteiger partial charge in [0.05, 0.1) is 26.9 Å². The number of amides is 1. The van der Waals surface area contributed by atoms with Gasteiger partial charge in [-0.2, -0.15) is 0 Å².